The van der Waals surface area contributed by atoms with Gasteiger partial charge in [0.25, 0.3) is 5.91 Å². The molecular weight excluding hydrogens is 434 g/mol. The summed E-state index contributed by atoms with van der Waals surface area (Å²) >= 11 is 0. The highest BCUT2D eigenvalue weighted by Gasteiger charge is 2.38. The molecule has 1 aromatic rings. The number of unbranched alkanes of at least 4 members (excludes halogenated alkanes) is 1. The summed E-state index contributed by atoms with van der Waals surface area (Å²) in [5, 5.41) is 2.65. The van der Waals surface area contributed by atoms with Crippen LogP contribution in [0.15, 0.2) is 30.3 Å². The molecular formula is C23H36ClN3O5. The van der Waals surface area contributed by atoms with E-state index in [2.05, 4.69) is 5.32 Å². The Labute approximate surface area is 196 Å². The number of ketones is 1. The lowest BCUT2D eigenvalue weighted by molar-refractivity contribution is -0.143. The maximum atomic E-state index is 12.6. The first kappa shape index (κ1) is 28.0. The molecule has 8 nitrogen and oxygen atoms in total. The zero-order chi connectivity index (χ0) is 22.3. The van der Waals surface area contributed by atoms with Crippen LogP contribution in [-0.4, -0.2) is 68.1 Å². The van der Waals surface area contributed by atoms with Crippen LogP contribution in [0.25, 0.3) is 0 Å². The number of benzene rings is 1. The zero-order valence-electron chi connectivity index (χ0n) is 18.6. The van der Waals surface area contributed by atoms with Gasteiger partial charge in [-0.05, 0) is 44.2 Å². The van der Waals surface area contributed by atoms with E-state index in [1.165, 1.54) is 4.90 Å². The van der Waals surface area contributed by atoms with Crippen LogP contribution in [0.5, 0.6) is 0 Å². The number of carbonyl (C=O) groups is 3. The molecule has 1 unspecified atom stereocenters. The molecule has 1 aliphatic heterocycles. The van der Waals surface area contributed by atoms with E-state index in [1.807, 2.05) is 30.3 Å². The highest BCUT2D eigenvalue weighted by Crippen LogP contribution is 2.22. The maximum Gasteiger partial charge on any atom is 0.289 e. The summed E-state index contributed by atoms with van der Waals surface area (Å²) < 4.78 is 11.0. The van der Waals surface area contributed by atoms with Crippen molar-refractivity contribution in [1.82, 2.24) is 10.2 Å². The number of nitrogens with one attached hydrogen (secondary N) is 1. The van der Waals surface area contributed by atoms with E-state index in [-0.39, 0.29) is 18.3 Å². The molecule has 2 rings (SSSR count). The number of rotatable bonds is 16. The average Bonchev–Trinajstić information content (AvgIpc) is 3.14. The molecule has 180 valence electrons. The van der Waals surface area contributed by atoms with Gasteiger partial charge in [-0.3, -0.25) is 14.4 Å². The molecule has 1 aliphatic rings. The lowest BCUT2D eigenvalue weighted by atomic mass is 10.1. The Morgan fingerprint density at radius 1 is 1.00 bits per heavy atom. The van der Waals surface area contributed by atoms with Crippen LogP contribution in [-0.2, 0) is 30.4 Å². The van der Waals surface area contributed by atoms with Crippen molar-refractivity contribution in [1.29, 1.82) is 0 Å². The van der Waals surface area contributed by atoms with Crippen molar-refractivity contribution in [2.75, 3.05) is 39.5 Å². The van der Waals surface area contributed by atoms with Gasteiger partial charge in [0.05, 0.1) is 0 Å². The third kappa shape index (κ3) is 10.1. The van der Waals surface area contributed by atoms with Crippen LogP contribution in [0.3, 0.4) is 0 Å². The largest absolute Gasteiger partial charge is 0.381 e. The van der Waals surface area contributed by atoms with Gasteiger partial charge in [-0.2, -0.15) is 0 Å². The number of amides is 2. The lowest BCUT2D eigenvalue weighted by Crippen LogP contribution is -2.45. The Morgan fingerprint density at radius 3 is 2.28 bits per heavy atom. The summed E-state index contributed by atoms with van der Waals surface area (Å²) in [4.78, 5) is 38.5. The van der Waals surface area contributed by atoms with E-state index >= 15 is 0 Å². The molecule has 2 amide bonds. The fourth-order valence-corrected chi connectivity index (χ4v) is 3.40. The standard InChI is InChI=1S/C23H35N3O5.ClH/c24-12-6-16-30-14-4-5-15-31-17-7-13-25-23(29)22(28)20-10-11-21(27)26(20)18-19-8-2-1-3-9-19;/h1-3,8-9,20H,4-7,10-18,24H2,(H,25,29);1H. The molecule has 1 atom stereocenters. The third-order valence-electron chi connectivity index (χ3n) is 5.12. The number of carbonyl (C=O) groups excluding carboxylic acids is 3. The average molecular weight is 470 g/mol. The highest BCUT2D eigenvalue weighted by atomic mass is 35.5. The summed E-state index contributed by atoms with van der Waals surface area (Å²) in [5.74, 6) is -1.27. The van der Waals surface area contributed by atoms with E-state index < -0.39 is 17.7 Å². The molecule has 1 saturated heterocycles. The number of nitrogens with two attached hydrogens (primary N) is 1. The van der Waals surface area contributed by atoms with Crippen LogP contribution in [0.2, 0.25) is 0 Å². The van der Waals surface area contributed by atoms with Gasteiger partial charge in [-0.1, -0.05) is 30.3 Å². The van der Waals surface area contributed by atoms with Gasteiger partial charge >= 0.3 is 0 Å². The second kappa shape index (κ2) is 16.6. The van der Waals surface area contributed by atoms with Gasteiger partial charge in [0, 0.05) is 45.9 Å². The van der Waals surface area contributed by atoms with Crippen LogP contribution < -0.4 is 11.1 Å². The van der Waals surface area contributed by atoms with Gasteiger partial charge in [-0.15, -0.1) is 12.4 Å². The Kier molecular flexibility index (Phi) is 14.5. The number of hydrogen-bond acceptors (Lipinski definition) is 6. The van der Waals surface area contributed by atoms with Crippen molar-refractivity contribution in [2.24, 2.45) is 5.73 Å². The predicted octanol–water partition coefficient (Wildman–Crippen LogP) is 1.84. The molecule has 0 radical (unpaired) electrons. The van der Waals surface area contributed by atoms with Crippen LogP contribution in [0.1, 0.15) is 44.1 Å². The molecule has 0 saturated carbocycles. The summed E-state index contributed by atoms with van der Waals surface area (Å²) in [6, 6.07) is 8.80. The molecule has 1 fully saturated rings. The predicted molar refractivity (Wildman–Crippen MR) is 124 cm³/mol. The van der Waals surface area contributed by atoms with E-state index in [4.69, 9.17) is 15.2 Å². The molecule has 3 N–H and O–H groups in total. The second-order valence-corrected chi connectivity index (χ2v) is 7.61. The van der Waals surface area contributed by atoms with Gasteiger partial charge in [0.1, 0.15) is 6.04 Å². The van der Waals surface area contributed by atoms with Gasteiger partial charge < -0.3 is 25.4 Å². The quantitative estimate of drug-likeness (QED) is 0.282. The number of likely N-dealkylation sites (tertiary alicyclic amines) is 1. The minimum Gasteiger partial charge on any atom is -0.381 e. The van der Waals surface area contributed by atoms with E-state index in [1.54, 1.807) is 0 Å². The monoisotopic (exact) mass is 469 g/mol. The van der Waals surface area contributed by atoms with E-state index in [9.17, 15) is 14.4 Å². The van der Waals surface area contributed by atoms with Crippen LogP contribution >= 0.6 is 12.4 Å². The zero-order valence-corrected chi connectivity index (χ0v) is 19.4. The number of nitrogens with zero attached hydrogens (tertiary/aromatic N) is 1. The topological polar surface area (TPSA) is 111 Å². The molecule has 0 bridgehead atoms. The smallest absolute Gasteiger partial charge is 0.289 e. The molecule has 1 aromatic carbocycles. The first-order valence-electron chi connectivity index (χ1n) is 11.1. The summed E-state index contributed by atoms with van der Waals surface area (Å²) in [6.45, 7) is 3.94. The lowest BCUT2D eigenvalue weighted by Gasteiger charge is -2.23. The normalized spacial score (nSPS) is 15.5. The van der Waals surface area contributed by atoms with Crippen LogP contribution in [0, 0.1) is 0 Å². The molecule has 0 aliphatic carbocycles. The number of ether oxygens (including phenoxy) is 2. The van der Waals surface area contributed by atoms with Crippen molar-refractivity contribution >= 4 is 30.0 Å². The van der Waals surface area contributed by atoms with Gasteiger partial charge in [0.2, 0.25) is 11.7 Å². The SMILES string of the molecule is Cl.NCCCOCCCCOCCCNC(=O)C(=O)C1CCC(=O)N1Cc1ccccc1. The number of hydrogen-bond donors (Lipinski definition) is 2. The van der Waals surface area contributed by atoms with Crippen LogP contribution in [0.4, 0.5) is 0 Å². The van der Waals surface area contributed by atoms with E-state index in [0.717, 1.165) is 24.8 Å². The minimum absolute atomic E-state index is 0. The maximum absolute atomic E-state index is 12.6. The van der Waals surface area contributed by atoms with E-state index in [0.29, 0.717) is 65.3 Å². The minimum atomic E-state index is -0.684. The van der Waals surface area contributed by atoms with Crippen molar-refractivity contribution < 1.29 is 23.9 Å². The second-order valence-electron chi connectivity index (χ2n) is 7.61. The number of halogens is 1. The Balaban J connectivity index is 0.00000512. The summed E-state index contributed by atoms with van der Waals surface area (Å²) in [5.41, 5.74) is 6.34. The summed E-state index contributed by atoms with van der Waals surface area (Å²) in [6.07, 6.45) is 4.05. The van der Waals surface area contributed by atoms with Crippen molar-refractivity contribution in [2.45, 2.75) is 51.1 Å². The fraction of sp³-hybridized carbons (Fsp3) is 0.609. The Hall–Kier alpha value is -2.00. The van der Waals surface area contributed by atoms with Crippen molar-refractivity contribution in [3.8, 4) is 0 Å². The molecule has 1 heterocycles. The first-order valence-corrected chi connectivity index (χ1v) is 11.1. The van der Waals surface area contributed by atoms with Crippen molar-refractivity contribution in [3.63, 3.8) is 0 Å². The first-order chi connectivity index (χ1) is 15.1. The molecule has 0 spiro atoms. The third-order valence-corrected chi connectivity index (χ3v) is 5.12. The molecule has 32 heavy (non-hydrogen) atoms. The Bertz CT molecular complexity index is 689. The summed E-state index contributed by atoms with van der Waals surface area (Å²) in [7, 11) is 0. The molecule has 9 heteroatoms. The van der Waals surface area contributed by atoms with Crippen molar-refractivity contribution in [3.05, 3.63) is 35.9 Å². The highest BCUT2D eigenvalue weighted by molar-refractivity contribution is 6.38. The fourth-order valence-electron chi connectivity index (χ4n) is 3.40. The van der Waals surface area contributed by atoms with Gasteiger partial charge in [-0.25, -0.2) is 0 Å². The molecule has 0 aromatic heterocycles. The van der Waals surface area contributed by atoms with Gasteiger partial charge in [0.15, 0.2) is 0 Å². The Morgan fingerprint density at radius 2 is 1.62 bits per heavy atom. The number of Topliss-reactive ketones (excluding diaryl/α,β-unsaturated/α-hetero) is 1.